The van der Waals surface area contributed by atoms with Crippen LogP contribution in [0.25, 0.3) is 11.3 Å². The van der Waals surface area contributed by atoms with E-state index in [1.807, 2.05) is 38.1 Å². The molecule has 0 spiro atoms. The first-order valence-electron chi connectivity index (χ1n) is 9.01. The maximum atomic E-state index is 12.5. The van der Waals surface area contributed by atoms with Crippen molar-refractivity contribution in [1.29, 1.82) is 0 Å². The van der Waals surface area contributed by atoms with Crippen LogP contribution in [-0.2, 0) is 9.84 Å². The van der Waals surface area contributed by atoms with Crippen LogP contribution in [0, 0.1) is 5.92 Å². The average molecular weight is 391 g/mol. The smallest absolute Gasteiger partial charge is 0.271 e. The molecule has 2 aromatic rings. The van der Waals surface area contributed by atoms with E-state index in [1.165, 1.54) is 0 Å². The van der Waals surface area contributed by atoms with Crippen LogP contribution >= 0.6 is 0 Å². The lowest BCUT2D eigenvalue weighted by atomic mass is 10.1. The number of methoxy groups -OCH3 is 1. The van der Waals surface area contributed by atoms with Gasteiger partial charge in [-0.25, -0.2) is 8.42 Å². The zero-order chi connectivity index (χ0) is 19.6. The summed E-state index contributed by atoms with van der Waals surface area (Å²) in [5.74, 6) is 0.998. The van der Waals surface area contributed by atoms with Crippen molar-refractivity contribution in [3.05, 3.63) is 36.0 Å². The molecule has 1 N–H and O–H groups in total. The van der Waals surface area contributed by atoms with Crippen molar-refractivity contribution in [2.75, 3.05) is 25.2 Å². The number of benzene rings is 1. The largest absolute Gasteiger partial charge is 0.497 e. The summed E-state index contributed by atoms with van der Waals surface area (Å²) < 4.78 is 30.7. The number of sulfone groups is 1. The Morgan fingerprint density at radius 2 is 2.04 bits per heavy atom. The zero-order valence-corrected chi connectivity index (χ0v) is 16.6. The lowest BCUT2D eigenvalue weighted by Gasteiger charge is -2.13. The second-order valence-corrected chi connectivity index (χ2v) is 9.48. The normalized spacial score (nSPS) is 18.6. The highest BCUT2D eigenvalue weighted by molar-refractivity contribution is 7.91. The summed E-state index contributed by atoms with van der Waals surface area (Å²) in [7, 11) is -1.47. The number of nitrogens with one attached hydrogen (secondary N) is 1. The summed E-state index contributed by atoms with van der Waals surface area (Å²) in [5, 5.41) is 7.33. The maximum Gasteiger partial charge on any atom is 0.271 e. The van der Waals surface area contributed by atoms with E-state index in [2.05, 4.69) is 10.4 Å². The van der Waals surface area contributed by atoms with E-state index in [9.17, 15) is 13.2 Å². The Bertz CT molecular complexity index is 917. The molecule has 0 radical (unpaired) electrons. The molecule has 0 saturated carbocycles. The second-order valence-electron chi connectivity index (χ2n) is 7.25. The van der Waals surface area contributed by atoms with Gasteiger partial charge in [0.25, 0.3) is 5.91 Å². The van der Waals surface area contributed by atoms with Crippen LogP contribution in [0.3, 0.4) is 0 Å². The van der Waals surface area contributed by atoms with Crippen LogP contribution in [0.2, 0.25) is 0 Å². The van der Waals surface area contributed by atoms with Gasteiger partial charge in [-0.15, -0.1) is 0 Å². The first kappa shape index (κ1) is 19.4. The Labute approximate surface area is 159 Å². The highest BCUT2D eigenvalue weighted by Crippen LogP contribution is 2.31. The molecule has 7 nitrogen and oxygen atoms in total. The standard InChI is InChI=1S/C19H25N3O4S/c1-13(2)11-20-19(23)17-10-18(14-4-6-16(26-3)7-5-14)22(21-17)15-8-9-27(24,25)12-15/h4-7,10,13,15H,8-9,11-12H2,1-3H3,(H,20,23)/t15-/m1/s1. The molecule has 3 rings (SSSR count). The fourth-order valence-electron chi connectivity index (χ4n) is 3.12. The van der Waals surface area contributed by atoms with E-state index in [4.69, 9.17) is 4.74 Å². The molecule has 1 amide bonds. The van der Waals surface area contributed by atoms with E-state index in [0.717, 1.165) is 17.0 Å². The minimum atomic E-state index is -3.07. The molecule has 0 unspecified atom stereocenters. The summed E-state index contributed by atoms with van der Waals surface area (Å²) >= 11 is 0. The highest BCUT2D eigenvalue weighted by Gasteiger charge is 2.32. The van der Waals surface area contributed by atoms with Gasteiger partial charge in [0, 0.05) is 12.1 Å². The summed E-state index contributed by atoms with van der Waals surface area (Å²) in [6, 6.07) is 8.88. The number of carbonyl (C=O) groups excluding carboxylic acids is 1. The second kappa shape index (κ2) is 7.72. The average Bonchev–Trinajstić information content (AvgIpc) is 3.23. The van der Waals surface area contributed by atoms with E-state index in [1.54, 1.807) is 17.9 Å². The van der Waals surface area contributed by atoms with Crippen molar-refractivity contribution in [2.45, 2.75) is 26.3 Å². The third kappa shape index (κ3) is 4.50. The first-order chi connectivity index (χ1) is 12.8. The minimum Gasteiger partial charge on any atom is -0.497 e. The molecule has 1 atom stereocenters. The number of amides is 1. The maximum absolute atomic E-state index is 12.5. The lowest BCUT2D eigenvalue weighted by Crippen LogP contribution is -2.28. The fourth-order valence-corrected chi connectivity index (χ4v) is 4.81. The van der Waals surface area contributed by atoms with Crippen molar-refractivity contribution in [3.63, 3.8) is 0 Å². The van der Waals surface area contributed by atoms with Crippen LogP contribution in [0.1, 0.15) is 36.8 Å². The van der Waals surface area contributed by atoms with Gasteiger partial charge >= 0.3 is 0 Å². The van der Waals surface area contributed by atoms with Crippen molar-refractivity contribution in [1.82, 2.24) is 15.1 Å². The topological polar surface area (TPSA) is 90.3 Å². The third-order valence-corrected chi connectivity index (χ3v) is 6.33. The monoisotopic (exact) mass is 391 g/mol. The van der Waals surface area contributed by atoms with E-state index < -0.39 is 9.84 Å². The van der Waals surface area contributed by atoms with Gasteiger partial charge < -0.3 is 10.1 Å². The molecule has 1 aromatic heterocycles. The number of ether oxygens (including phenoxy) is 1. The molecule has 8 heteroatoms. The van der Waals surface area contributed by atoms with Gasteiger partial charge in [0.05, 0.1) is 30.4 Å². The quantitative estimate of drug-likeness (QED) is 0.816. The lowest BCUT2D eigenvalue weighted by molar-refractivity contribution is 0.0943. The summed E-state index contributed by atoms with van der Waals surface area (Å²) in [6.45, 7) is 4.59. The minimum absolute atomic E-state index is 0.0465. The zero-order valence-electron chi connectivity index (χ0n) is 15.8. The summed E-state index contributed by atoms with van der Waals surface area (Å²) in [5.41, 5.74) is 1.88. The Morgan fingerprint density at radius 3 is 2.59 bits per heavy atom. The molecule has 0 aliphatic carbocycles. The predicted molar refractivity (Wildman–Crippen MR) is 104 cm³/mol. The molecule has 1 fully saturated rings. The SMILES string of the molecule is COc1ccc(-c2cc(C(=O)NCC(C)C)nn2[C@@H]2CCS(=O)(=O)C2)cc1. The van der Waals surface area contributed by atoms with Crippen LogP contribution < -0.4 is 10.1 Å². The molecule has 27 heavy (non-hydrogen) atoms. The number of hydrogen-bond acceptors (Lipinski definition) is 5. The molecule has 146 valence electrons. The number of rotatable bonds is 6. The Hall–Kier alpha value is -2.35. The van der Waals surface area contributed by atoms with Crippen LogP contribution in [0.5, 0.6) is 5.75 Å². The van der Waals surface area contributed by atoms with Crippen LogP contribution in [0.4, 0.5) is 0 Å². The predicted octanol–water partition coefficient (Wildman–Crippen LogP) is 2.30. The number of nitrogens with zero attached hydrogens (tertiary/aromatic N) is 2. The van der Waals surface area contributed by atoms with Gasteiger partial charge in [0.1, 0.15) is 5.75 Å². The molecule has 1 aliphatic heterocycles. The fraction of sp³-hybridized carbons (Fsp3) is 0.474. The van der Waals surface area contributed by atoms with Gasteiger partial charge in [-0.2, -0.15) is 5.10 Å². The number of carbonyl (C=O) groups is 1. The van der Waals surface area contributed by atoms with Gasteiger partial charge in [-0.1, -0.05) is 13.8 Å². The van der Waals surface area contributed by atoms with Crippen molar-refractivity contribution in [3.8, 4) is 17.0 Å². The van der Waals surface area contributed by atoms with Crippen LogP contribution in [-0.4, -0.2) is 49.3 Å². The van der Waals surface area contributed by atoms with E-state index in [0.29, 0.717) is 24.6 Å². The number of hydrogen-bond donors (Lipinski definition) is 1. The Kier molecular flexibility index (Phi) is 5.55. The molecule has 1 aromatic carbocycles. The third-order valence-electron chi connectivity index (χ3n) is 4.58. The van der Waals surface area contributed by atoms with Gasteiger partial charge in [-0.05, 0) is 42.7 Å². The number of aromatic nitrogens is 2. The van der Waals surface area contributed by atoms with Gasteiger partial charge in [0.15, 0.2) is 15.5 Å². The first-order valence-corrected chi connectivity index (χ1v) is 10.8. The van der Waals surface area contributed by atoms with E-state index >= 15 is 0 Å². The highest BCUT2D eigenvalue weighted by atomic mass is 32.2. The molecule has 0 bridgehead atoms. The molecule has 1 saturated heterocycles. The van der Waals surface area contributed by atoms with Crippen LogP contribution in [0.15, 0.2) is 30.3 Å². The Balaban J connectivity index is 1.97. The van der Waals surface area contributed by atoms with Crippen molar-refractivity contribution >= 4 is 15.7 Å². The molecule has 2 heterocycles. The molecular formula is C19H25N3O4S. The summed E-state index contributed by atoms with van der Waals surface area (Å²) in [4.78, 5) is 12.5. The van der Waals surface area contributed by atoms with Gasteiger partial charge in [-0.3, -0.25) is 9.48 Å². The van der Waals surface area contributed by atoms with Crippen molar-refractivity contribution in [2.24, 2.45) is 5.92 Å². The van der Waals surface area contributed by atoms with E-state index in [-0.39, 0.29) is 23.5 Å². The molecule has 1 aliphatic rings. The van der Waals surface area contributed by atoms with Gasteiger partial charge in [0.2, 0.25) is 0 Å². The summed E-state index contributed by atoms with van der Waals surface area (Å²) in [6.07, 6.45) is 0.500. The Morgan fingerprint density at radius 1 is 1.33 bits per heavy atom. The van der Waals surface area contributed by atoms with Crippen molar-refractivity contribution < 1.29 is 17.9 Å². The molecular weight excluding hydrogens is 366 g/mol.